The Bertz CT molecular complexity index is 1060. The minimum absolute atomic E-state index is 0.0121. The fourth-order valence-electron chi connectivity index (χ4n) is 3.98. The number of thiophene rings is 1. The summed E-state index contributed by atoms with van der Waals surface area (Å²) in [5.74, 6) is -0.276. The van der Waals surface area contributed by atoms with Crippen LogP contribution in [0.5, 0.6) is 0 Å². The molecule has 0 aliphatic carbocycles. The smallest absolute Gasteiger partial charge is 0.410 e. The highest BCUT2D eigenvalue weighted by atomic mass is 35.5. The Balaban J connectivity index is 1.45. The lowest BCUT2D eigenvalue weighted by Crippen LogP contribution is -2.47. The van der Waals surface area contributed by atoms with Crippen molar-refractivity contribution >= 4 is 44.8 Å². The Hall–Kier alpha value is -2.10. The molecule has 0 saturated carbocycles. The molecular weight excluding hydrogens is 448 g/mol. The number of benzene rings is 1. The van der Waals surface area contributed by atoms with Crippen molar-refractivity contribution in [3.63, 3.8) is 0 Å². The number of piperidine rings is 1. The Morgan fingerprint density at radius 2 is 1.87 bits per heavy atom. The summed E-state index contributed by atoms with van der Waals surface area (Å²) in [5, 5.41) is 1.39. The van der Waals surface area contributed by atoms with Crippen molar-refractivity contribution in [2.45, 2.75) is 29.8 Å². The third kappa shape index (κ3) is 3.93. The maximum absolute atomic E-state index is 12.9. The third-order valence-corrected chi connectivity index (χ3v) is 8.39. The second kappa shape index (κ2) is 8.20. The molecule has 2 aromatic rings. The summed E-state index contributed by atoms with van der Waals surface area (Å²) in [6.45, 7) is 1.23. The first-order valence-corrected chi connectivity index (χ1v) is 12.7. The molecule has 2 aliphatic rings. The van der Waals surface area contributed by atoms with Gasteiger partial charge in [-0.1, -0.05) is 41.9 Å². The summed E-state index contributed by atoms with van der Waals surface area (Å²) in [6, 6.07) is 9.61. The van der Waals surface area contributed by atoms with Crippen molar-refractivity contribution in [3.8, 4) is 0 Å². The first kappa shape index (κ1) is 21.1. The molecule has 30 heavy (non-hydrogen) atoms. The normalized spacial score (nSPS) is 20.5. The number of carbonyl (C=O) groups excluding carboxylic acids is 2. The molecule has 1 aromatic heterocycles. The second-order valence-electron chi connectivity index (χ2n) is 7.45. The number of cyclic esters (lactones) is 1. The number of rotatable bonds is 4. The van der Waals surface area contributed by atoms with Crippen molar-refractivity contribution < 1.29 is 22.7 Å². The van der Waals surface area contributed by atoms with Crippen LogP contribution in [0.25, 0.3) is 0 Å². The van der Waals surface area contributed by atoms with Crippen LogP contribution >= 0.6 is 22.9 Å². The topological polar surface area (TPSA) is 84.0 Å². The number of carbonyl (C=O) groups is 2. The van der Waals surface area contributed by atoms with Crippen LogP contribution in [0.3, 0.4) is 0 Å². The van der Waals surface area contributed by atoms with Gasteiger partial charge >= 0.3 is 6.09 Å². The minimum atomic E-state index is -3.49. The van der Waals surface area contributed by atoms with Gasteiger partial charge in [0.15, 0.2) is 9.84 Å². The summed E-state index contributed by atoms with van der Waals surface area (Å²) < 4.78 is 28.9. The van der Waals surface area contributed by atoms with E-state index in [2.05, 4.69) is 0 Å². The number of ether oxygens (including phenoxy) is 1. The molecule has 0 bridgehead atoms. The molecule has 1 atom stereocenters. The molecule has 2 aliphatic heterocycles. The zero-order valence-electron chi connectivity index (χ0n) is 16.3. The third-order valence-electron chi connectivity index (χ3n) is 5.53. The fraction of sp³-hybridized carbons (Fsp3) is 0.400. The van der Waals surface area contributed by atoms with Gasteiger partial charge in [0.2, 0.25) is 0 Å². The highest BCUT2D eigenvalue weighted by Crippen LogP contribution is 2.35. The van der Waals surface area contributed by atoms with E-state index in [1.165, 1.54) is 5.38 Å². The summed E-state index contributed by atoms with van der Waals surface area (Å²) in [7, 11) is -3.49. The first-order chi connectivity index (χ1) is 14.3. The van der Waals surface area contributed by atoms with E-state index in [4.69, 9.17) is 16.3 Å². The molecule has 2 saturated heterocycles. The second-order valence-corrected chi connectivity index (χ2v) is 10.7. The highest BCUT2D eigenvalue weighted by Gasteiger charge is 2.41. The van der Waals surface area contributed by atoms with Crippen LogP contribution < -0.4 is 0 Å². The molecule has 2 amide bonds. The molecule has 10 heteroatoms. The van der Waals surface area contributed by atoms with Crippen molar-refractivity contribution in [1.82, 2.24) is 9.80 Å². The van der Waals surface area contributed by atoms with Gasteiger partial charge < -0.3 is 9.64 Å². The molecular formula is C20H21ClN2O5S2. The fourth-order valence-corrected chi connectivity index (χ4v) is 6.86. The van der Waals surface area contributed by atoms with Crippen molar-refractivity contribution in [2.24, 2.45) is 0 Å². The van der Waals surface area contributed by atoms with E-state index in [1.807, 2.05) is 30.3 Å². The molecule has 2 fully saturated rings. The van der Waals surface area contributed by atoms with Gasteiger partial charge in [-0.3, -0.25) is 9.69 Å². The summed E-state index contributed by atoms with van der Waals surface area (Å²) in [6.07, 6.45) is 1.98. The van der Waals surface area contributed by atoms with Crippen LogP contribution in [0.2, 0.25) is 5.02 Å². The van der Waals surface area contributed by atoms with Gasteiger partial charge in [0, 0.05) is 30.8 Å². The van der Waals surface area contributed by atoms with Gasteiger partial charge in [0.1, 0.15) is 11.5 Å². The average molecular weight is 469 g/mol. The standard InChI is InChI=1S/C20H21ClN2O5S2/c1-30(26,27)16-12-29-18(17(16)21)19(24)22-9-7-14(8-10-22)23-15(11-28-20(23)25)13-5-3-2-4-6-13/h2-6,12,14-15H,7-11H2,1H3. The van der Waals surface area contributed by atoms with Crippen molar-refractivity contribution in [3.05, 3.63) is 51.2 Å². The minimum Gasteiger partial charge on any atom is -0.447 e. The molecule has 1 unspecified atom stereocenters. The summed E-state index contributed by atoms with van der Waals surface area (Å²) in [5.41, 5.74) is 1.03. The predicted octanol–water partition coefficient (Wildman–Crippen LogP) is 3.60. The van der Waals surface area contributed by atoms with Crippen molar-refractivity contribution in [2.75, 3.05) is 26.0 Å². The van der Waals surface area contributed by atoms with Crippen LogP contribution in [-0.4, -0.2) is 62.2 Å². The van der Waals surface area contributed by atoms with Crippen LogP contribution in [0, 0.1) is 0 Å². The van der Waals surface area contributed by atoms with Gasteiger partial charge in [0.25, 0.3) is 5.91 Å². The van der Waals surface area contributed by atoms with Gasteiger partial charge in [-0.05, 0) is 18.4 Å². The van der Waals surface area contributed by atoms with Gasteiger partial charge in [0.05, 0.1) is 16.0 Å². The van der Waals surface area contributed by atoms with Crippen molar-refractivity contribution in [1.29, 1.82) is 0 Å². The lowest BCUT2D eigenvalue weighted by atomic mass is 9.99. The van der Waals surface area contributed by atoms with E-state index in [0.717, 1.165) is 23.2 Å². The number of likely N-dealkylation sites (tertiary alicyclic amines) is 1. The number of sulfone groups is 1. The van der Waals surface area contributed by atoms with E-state index in [0.29, 0.717) is 32.5 Å². The Morgan fingerprint density at radius 3 is 2.47 bits per heavy atom. The molecule has 3 heterocycles. The monoisotopic (exact) mass is 468 g/mol. The maximum Gasteiger partial charge on any atom is 0.410 e. The Labute approximate surface area is 184 Å². The average Bonchev–Trinajstić information content (AvgIpc) is 3.31. The molecule has 1 aromatic carbocycles. The molecule has 160 valence electrons. The van der Waals surface area contributed by atoms with Gasteiger partial charge in [-0.2, -0.15) is 0 Å². The number of hydrogen-bond donors (Lipinski definition) is 0. The van der Waals surface area contributed by atoms with Gasteiger partial charge in [-0.15, -0.1) is 11.3 Å². The SMILES string of the molecule is CS(=O)(=O)c1csc(C(=O)N2CCC(N3C(=O)OCC3c3ccccc3)CC2)c1Cl. The number of halogens is 1. The molecule has 4 rings (SSSR count). The first-order valence-electron chi connectivity index (χ1n) is 9.53. The summed E-state index contributed by atoms with van der Waals surface area (Å²) in [4.78, 5) is 29.0. The number of nitrogens with zero attached hydrogens (tertiary/aromatic N) is 2. The quantitative estimate of drug-likeness (QED) is 0.684. The molecule has 0 radical (unpaired) electrons. The highest BCUT2D eigenvalue weighted by molar-refractivity contribution is 7.91. The van der Waals surface area contributed by atoms with E-state index < -0.39 is 9.84 Å². The lowest BCUT2D eigenvalue weighted by molar-refractivity contribution is 0.0641. The van der Waals surface area contributed by atoms with E-state index in [9.17, 15) is 18.0 Å². The zero-order chi connectivity index (χ0) is 21.5. The summed E-state index contributed by atoms with van der Waals surface area (Å²) >= 11 is 7.22. The van der Waals surface area contributed by atoms with Crippen LogP contribution in [-0.2, 0) is 14.6 Å². The Morgan fingerprint density at radius 1 is 1.20 bits per heavy atom. The molecule has 0 N–H and O–H groups in total. The maximum atomic E-state index is 12.9. The van der Waals surface area contributed by atoms with Crippen LogP contribution in [0.1, 0.15) is 34.1 Å². The van der Waals surface area contributed by atoms with Crippen LogP contribution in [0.15, 0.2) is 40.6 Å². The van der Waals surface area contributed by atoms with Crippen LogP contribution in [0.4, 0.5) is 4.79 Å². The largest absolute Gasteiger partial charge is 0.447 e. The number of hydrogen-bond acceptors (Lipinski definition) is 6. The van der Waals surface area contributed by atoms with E-state index in [-0.39, 0.29) is 38.9 Å². The predicted molar refractivity (Wildman–Crippen MR) is 114 cm³/mol. The Kier molecular flexibility index (Phi) is 5.78. The molecule has 0 spiro atoms. The lowest BCUT2D eigenvalue weighted by Gasteiger charge is -2.37. The van der Waals surface area contributed by atoms with E-state index in [1.54, 1.807) is 9.80 Å². The number of amides is 2. The molecule has 7 nitrogen and oxygen atoms in total. The van der Waals surface area contributed by atoms with Gasteiger partial charge in [-0.25, -0.2) is 13.2 Å². The van der Waals surface area contributed by atoms with E-state index >= 15 is 0 Å². The zero-order valence-corrected chi connectivity index (χ0v) is 18.7.